The van der Waals surface area contributed by atoms with Gasteiger partial charge in [-0.25, -0.2) is 26.9 Å². The molecule has 9 nitrogen and oxygen atoms in total. The number of thioether (sulfide) groups is 1. The smallest absolute Gasteiger partial charge is 0.285 e. The summed E-state index contributed by atoms with van der Waals surface area (Å²) >= 11 is 0.300. The fourth-order valence-electron chi connectivity index (χ4n) is 4.31. The van der Waals surface area contributed by atoms with Crippen molar-refractivity contribution < 1.29 is 17.2 Å². The van der Waals surface area contributed by atoms with Crippen LogP contribution in [0.2, 0.25) is 0 Å². The molecule has 1 aliphatic carbocycles. The van der Waals surface area contributed by atoms with Crippen molar-refractivity contribution in [3.8, 4) is 0 Å². The summed E-state index contributed by atoms with van der Waals surface area (Å²) in [4.78, 5) is 6.34. The van der Waals surface area contributed by atoms with E-state index in [1.165, 1.54) is 16.8 Å². The number of sulfonamides is 1. The number of fused-ring (bicyclic) bond motifs is 1. The van der Waals surface area contributed by atoms with Crippen LogP contribution in [0.15, 0.2) is 23.4 Å². The van der Waals surface area contributed by atoms with Crippen LogP contribution in [0.1, 0.15) is 46.4 Å². The number of anilines is 1. The van der Waals surface area contributed by atoms with Gasteiger partial charge in [-0.2, -0.15) is 0 Å². The van der Waals surface area contributed by atoms with Gasteiger partial charge in [0, 0.05) is 36.4 Å². The predicted octanol–water partition coefficient (Wildman–Crippen LogP) is 3.04. The Morgan fingerprint density at radius 3 is 2.59 bits per heavy atom. The third-order valence-electron chi connectivity index (χ3n) is 5.96. The van der Waals surface area contributed by atoms with Crippen LogP contribution in [0.25, 0.3) is 5.52 Å². The van der Waals surface area contributed by atoms with Gasteiger partial charge in [-0.3, -0.25) is 15.2 Å². The number of alkyl halides is 2. The summed E-state index contributed by atoms with van der Waals surface area (Å²) in [5.41, 5.74) is 0.476. The van der Waals surface area contributed by atoms with Gasteiger partial charge >= 0.3 is 0 Å². The molecular formula is C21H29F2N7O2S2. The minimum absolute atomic E-state index is 0.00350. The van der Waals surface area contributed by atoms with Gasteiger partial charge in [-0.1, -0.05) is 0 Å². The first-order chi connectivity index (χ1) is 15.7. The highest BCUT2D eigenvalue weighted by atomic mass is 32.2. The highest BCUT2D eigenvalue weighted by molar-refractivity contribution is 8.26. The van der Waals surface area contributed by atoms with Crippen molar-refractivity contribution in [2.45, 2.75) is 69.0 Å². The molecule has 0 aromatic carbocycles. The highest BCUT2D eigenvalue weighted by Gasteiger charge is 2.42. The summed E-state index contributed by atoms with van der Waals surface area (Å²) in [7, 11) is -3.89. The van der Waals surface area contributed by atoms with Crippen LogP contribution >= 0.6 is 11.8 Å². The molecule has 0 radical (unpaired) electrons. The Morgan fingerprint density at radius 1 is 1.32 bits per heavy atom. The van der Waals surface area contributed by atoms with Crippen molar-refractivity contribution >= 4 is 43.1 Å². The Balaban J connectivity index is 1.84. The highest BCUT2D eigenvalue weighted by Crippen LogP contribution is 2.37. The topological polar surface area (TPSA) is 126 Å². The van der Waals surface area contributed by atoms with Crippen LogP contribution < -0.4 is 14.9 Å². The van der Waals surface area contributed by atoms with E-state index in [4.69, 9.17) is 10.8 Å². The number of imidazole rings is 1. The molecule has 3 heterocycles. The Labute approximate surface area is 201 Å². The number of rotatable bonds is 6. The molecule has 2 fully saturated rings. The Hall–Kier alpha value is -2.09. The van der Waals surface area contributed by atoms with E-state index in [0.717, 1.165) is 12.8 Å². The quantitative estimate of drug-likeness (QED) is 0.347. The predicted molar refractivity (Wildman–Crippen MR) is 130 cm³/mol. The normalized spacial score (nSPS) is 21.7. The summed E-state index contributed by atoms with van der Waals surface area (Å²) in [6, 6.07) is 1.75. The molecule has 1 aliphatic heterocycles. The number of hydrogen-bond donors (Lipinski definition) is 4. The Kier molecular flexibility index (Phi) is 6.28. The SMILES string of the molecule is CC1CN(c2cc(S(=O)(=O)NC3(C)CC3)cn3c(C(=N)SC(=N)C(F)F)ncc23)CC(C)(C)N1. The average Bonchev–Trinajstić information content (AvgIpc) is 3.25. The van der Waals surface area contributed by atoms with Gasteiger partial charge in [-0.15, -0.1) is 0 Å². The van der Waals surface area contributed by atoms with Gasteiger partial charge in [0.2, 0.25) is 10.0 Å². The minimum Gasteiger partial charge on any atom is -0.366 e. The maximum Gasteiger partial charge on any atom is 0.285 e. The summed E-state index contributed by atoms with van der Waals surface area (Å²) in [5, 5.41) is 17.9. The summed E-state index contributed by atoms with van der Waals surface area (Å²) < 4.78 is 56.5. The van der Waals surface area contributed by atoms with Gasteiger partial charge in [0.1, 0.15) is 15.0 Å². The Bertz CT molecular complexity index is 1260. The molecule has 34 heavy (non-hydrogen) atoms. The van der Waals surface area contributed by atoms with E-state index >= 15 is 0 Å². The Morgan fingerprint density at radius 2 is 2.00 bits per heavy atom. The van der Waals surface area contributed by atoms with Crippen molar-refractivity contribution in [1.29, 1.82) is 10.8 Å². The third-order valence-corrected chi connectivity index (χ3v) is 8.35. The zero-order chi connectivity index (χ0) is 25.1. The molecule has 0 amide bonds. The van der Waals surface area contributed by atoms with Gasteiger partial charge < -0.3 is 10.2 Å². The van der Waals surface area contributed by atoms with Crippen molar-refractivity contribution in [2.75, 3.05) is 18.0 Å². The fraction of sp³-hybridized carbons (Fsp3) is 0.571. The van der Waals surface area contributed by atoms with Crippen LogP contribution in [0.4, 0.5) is 14.5 Å². The first kappa shape index (κ1) is 25.0. The lowest BCUT2D eigenvalue weighted by atomic mass is 9.98. The average molecular weight is 514 g/mol. The summed E-state index contributed by atoms with van der Waals surface area (Å²) in [5.74, 6) is 0.00350. The zero-order valence-electron chi connectivity index (χ0n) is 19.4. The van der Waals surface area contributed by atoms with Gasteiger partial charge in [-0.05, 0) is 58.4 Å². The maximum atomic E-state index is 13.3. The van der Waals surface area contributed by atoms with Crippen LogP contribution in [0.5, 0.6) is 0 Å². The fourth-order valence-corrected chi connectivity index (χ4v) is 6.34. The molecule has 4 rings (SSSR count). The number of pyridine rings is 1. The molecule has 1 saturated heterocycles. The van der Waals surface area contributed by atoms with E-state index in [2.05, 4.69) is 33.8 Å². The van der Waals surface area contributed by atoms with E-state index in [0.29, 0.717) is 36.1 Å². The molecule has 4 N–H and O–H groups in total. The van der Waals surface area contributed by atoms with E-state index < -0.39 is 27.0 Å². The van der Waals surface area contributed by atoms with Crippen molar-refractivity contribution in [3.63, 3.8) is 0 Å². The molecule has 2 aromatic rings. The second-order valence-electron chi connectivity index (χ2n) is 9.97. The van der Waals surface area contributed by atoms with Gasteiger partial charge in [0.15, 0.2) is 5.82 Å². The summed E-state index contributed by atoms with van der Waals surface area (Å²) in [6.07, 6.45) is 1.37. The lowest BCUT2D eigenvalue weighted by Gasteiger charge is -2.44. The molecule has 1 unspecified atom stereocenters. The molecular weight excluding hydrogens is 484 g/mol. The second-order valence-corrected chi connectivity index (χ2v) is 12.7. The lowest BCUT2D eigenvalue weighted by Crippen LogP contribution is -2.61. The molecule has 1 saturated carbocycles. The minimum atomic E-state index is -3.89. The number of piperazine rings is 1. The molecule has 0 bridgehead atoms. The van der Waals surface area contributed by atoms with Gasteiger partial charge in [0.05, 0.1) is 17.4 Å². The van der Waals surface area contributed by atoms with Crippen LogP contribution in [-0.2, 0) is 10.0 Å². The number of nitrogens with one attached hydrogen (secondary N) is 4. The zero-order valence-corrected chi connectivity index (χ0v) is 21.1. The van der Waals surface area contributed by atoms with E-state index in [9.17, 15) is 17.2 Å². The standard InChI is InChI=1S/C21H29F2N7O2S2/c1-12-9-29(11-20(2,3)27-12)14-7-13(34(31,32)28-21(4)5-6-21)10-30-15(14)8-26-19(30)18(25)33-17(24)16(22)23/h7-8,10,12,16,24-25,27-28H,5-6,9,11H2,1-4H3. The lowest BCUT2D eigenvalue weighted by molar-refractivity contribution is 0.228. The van der Waals surface area contributed by atoms with Crippen molar-refractivity contribution in [2.24, 2.45) is 0 Å². The molecule has 0 spiro atoms. The monoisotopic (exact) mass is 513 g/mol. The van der Waals surface area contributed by atoms with Crippen LogP contribution in [0.3, 0.4) is 0 Å². The number of hydrogen-bond acceptors (Lipinski definition) is 8. The van der Waals surface area contributed by atoms with Crippen LogP contribution in [0, 0.1) is 10.8 Å². The number of halogens is 2. The molecule has 2 aliphatic rings. The summed E-state index contributed by atoms with van der Waals surface area (Å²) in [6.45, 7) is 9.24. The second kappa shape index (κ2) is 8.54. The van der Waals surface area contributed by atoms with E-state index in [1.54, 1.807) is 6.07 Å². The molecule has 186 valence electrons. The first-order valence-electron chi connectivity index (χ1n) is 10.9. The molecule has 13 heteroatoms. The van der Waals surface area contributed by atoms with Crippen molar-refractivity contribution in [3.05, 3.63) is 24.3 Å². The first-order valence-corrected chi connectivity index (χ1v) is 13.2. The molecule has 2 aromatic heterocycles. The van der Waals surface area contributed by atoms with E-state index in [-0.39, 0.29) is 27.3 Å². The number of nitrogens with zero attached hydrogens (tertiary/aromatic N) is 3. The van der Waals surface area contributed by atoms with Gasteiger partial charge in [0.25, 0.3) is 6.43 Å². The van der Waals surface area contributed by atoms with Crippen molar-refractivity contribution in [1.82, 2.24) is 19.4 Å². The largest absolute Gasteiger partial charge is 0.366 e. The maximum absolute atomic E-state index is 13.3. The number of aromatic nitrogens is 2. The van der Waals surface area contributed by atoms with E-state index in [1.807, 2.05) is 13.8 Å². The third kappa shape index (κ3) is 5.11. The van der Waals surface area contributed by atoms with Crippen LogP contribution in [-0.4, -0.2) is 64.5 Å². The molecule has 1 atom stereocenters.